The van der Waals surface area contributed by atoms with E-state index in [1.807, 2.05) is 0 Å². The lowest BCUT2D eigenvalue weighted by Crippen LogP contribution is -2.39. The van der Waals surface area contributed by atoms with Crippen molar-refractivity contribution in [2.24, 2.45) is 5.10 Å². The summed E-state index contributed by atoms with van der Waals surface area (Å²) in [5.41, 5.74) is 3.05. The minimum Gasteiger partial charge on any atom is -0.497 e. The smallest absolute Gasteiger partial charge is 0.329 e. The van der Waals surface area contributed by atoms with Gasteiger partial charge in [0.2, 0.25) is 0 Å². The summed E-state index contributed by atoms with van der Waals surface area (Å²) in [7, 11) is 1.59. The average molecular weight is 275 g/mol. The van der Waals surface area contributed by atoms with Crippen LogP contribution in [0.4, 0.5) is 0 Å². The number of amides is 2. The average Bonchev–Trinajstić information content (AvgIpc) is 3.01. The van der Waals surface area contributed by atoms with Crippen LogP contribution >= 0.6 is 0 Å². The Balaban J connectivity index is 1.85. The lowest BCUT2D eigenvalue weighted by atomic mass is 10.2. The maximum absolute atomic E-state index is 11.7. The van der Waals surface area contributed by atoms with Gasteiger partial charge >= 0.3 is 11.8 Å². The van der Waals surface area contributed by atoms with Crippen LogP contribution in [0.5, 0.6) is 5.75 Å². The standard InChI is InChI=1S/C14H17N3O3/c1-20-12-6-4-11(5-7-12)10-15-16-13(18)14(19)17-8-2-3-9-17/h4-7,10H,2-3,8-9H2,1H3,(H,16,18)/b15-10-. The molecule has 0 spiro atoms. The maximum atomic E-state index is 11.7. The number of hydrogen-bond acceptors (Lipinski definition) is 4. The number of ether oxygens (including phenoxy) is 1. The molecule has 1 aromatic carbocycles. The molecule has 0 saturated carbocycles. The third-order valence-electron chi connectivity index (χ3n) is 3.08. The highest BCUT2D eigenvalue weighted by Crippen LogP contribution is 2.09. The number of hydrazone groups is 1. The van der Waals surface area contributed by atoms with Crippen LogP contribution < -0.4 is 10.2 Å². The van der Waals surface area contributed by atoms with E-state index in [0.29, 0.717) is 13.1 Å². The topological polar surface area (TPSA) is 71.0 Å². The van der Waals surface area contributed by atoms with Crippen LogP contribution in [0.25, 0.3) is 0 Å². The zero-order valence-corrected chi connectivity index (χ0v) is 11.3. The molecule has 0 atom stereocenters. The van der Waals surface area contributed by atoms with Gasteiger partial charge in [0.1, 0.15) is 5.75 Å². The molecule has 0 aliphatic carbocycles. The number of methoxy groups -OCH3 is 1. The number of nitrogens with one attached hydrogen (secondary N) is 1. The predicted molar refractivity (Wildman–Crippen MR) is 74.5 cm³/mol. The molecule has 2 amide bonds. The molecule has 0 aromatic heterocycles. The third-order valence-corrected chi connectivity index (χ3v) is 3.08. The Morgan fingerprint density at radius 2 is 1.90 bits per heavy atom. The molecule has 1 aliphatic heterocycles. The Labute approximate surface area is 117 Å². The fourth-order valence-corrected chi connectivity index (χ4v) is 1.97. The summed E-state index contributed by atoms with van der Waals surface area (Å²) in [6, 6.07) is 7.19. The van der Waals surface area contributed by atoms with Crippen molar-refractivity contribution in [2.45, 2.75) is 12.8 Å². The Morgan fingerprint density at radius 1 is 1.25 bits per heavy atom. The molecule has 1 aromatic rings. The number of hydrogen-bond donors (Lipinski definition) is 1. The van der Waals surface area contributed by atoms with Gasteiger partial charge in [0.25, 0.3) is 0 Å². The summed E-state index contributed by atoms with van der Waals surface area (Å²) in [5.74, 6) is -0.471. The Kier molecular flexibility index (Phi) is 4.70. The fraction of sp³-hybridized carbons (Fsp3) is 0.357. The Bertz CT molecular complexity index is 505. The first-order valence-electron chi connectivity index (χ1n) is 6.47. The quantitative estimate of drug-likeness (QED) is 0.503. The SMILES string of the molecule is COc1ccc(/C=N\NC(=O)C(=O)N2CCCC2)cc1. The van der Waals surface area contributed by atoms with E-state index in [1.165, 1.54) is 11.1 Å². The molecule has 1 fully saturated rings. The second-order valence-electron chi connectivity index (χ2n) is 4.47. The molecule has 106 valence electrons. The molecule has 6 heteroatoms. The summed E-state index contributed by atoms with van der Waals surface area (Å²) < 4.78 is 5.04. The number of carbonyl (C=O) groups is 2. The molecule has 0 unspecified atom stereocenters. The number of carbonyl (C=O) groups excluding carboxylic acids is 2. The van der Waals surface area contributed by atoms with Crippen LogP contribution in [0.1, 0.15) is 18.4 Å². The summed E-state index contributed by atoms with van der Waals surface area (Å²) in [4.78, 5) is 24.8. The first-order valence-corrected chi connectivity index (χ1v) is 6.47. The molecular formula is C14H17N3O3. The van der Waals surface area contributed by atoms with E-state index in [2.05, 4.69) is 10.5 Å². The lowest BCUT2D eigenvalue weighted by molar-refractivity contribution is -0.145. The highest BCUT2D eigenvalue weighted by atomic mass is 16.5. The summed E-state index contributed by atoms with van der Waals surface area (Å²) >= 11 is 0. The molecule has 20 heavy (non-hydrogen) atoms. The van der Waals surface area contributed by atoms with Crippen molar-refractivity contribution >= 4 is 18.0 Å². The zero-order valence-electron chi connectivity index (χ0n) is 11.3. The van der Waals surface area contributed by atoms with Gasteiger partial charge in [-0.2, -0.15) is 5.10 Å². The minimum absolute atomic E-state index is 0.519. The molecule has 1 saturated heterocycles. The highest BCUT2D eigenvalue weighted by Gasteiger charge is 2.23. The minimum atomic E-state index is -0.698. The van der Waals surface area contributed by atoms with Crippen LogP contribution in [0.3, 0.4) is 0 Å². The van der Waals surface area contributed by atoms with Gasteiger partial charge in [-0.25, -0.2) is 5.43 Å². The predicted octanol–water partition coefficient (Wildman–Crippen LogP) is 0.768. The number of rotatable bonds is 3. The number of nitrogens with zero attached hydrogens (tertiary/aromatic N) is 2. The Morgan fingerprint density at radius 3 is 2.50 bits per heavy atom. The van der Waals surface area contributed by atoms with Crippen LogP contribution in [-0.2, 0) is 9.59 Å². The fourth-order valence-electron chi connectivity index (χ4n) is 1.97. The molecule has 1 N–H and O–H groups in total. The monoisotopic (exact) mass is 275 g/mol. The summed E-state index contributed by atoms with van der Waals surface area (Å²) in [5, 5.41) is 3.78. The van der Waals surface area contributed by atoms with Gasteiger partial charge in [-0.1, -0.05) is 0 Å². The van der Waals surface area contributed by atoms with Gasteiger partial charge < -0.3 is 9.64 Å². The van der Waals surface area contributed by atoms with E-state index >= 15 is 0 Å². The van der Waals surface area contributed by atoms with Crippen LogP contribution in [0, 0.1) is 0 Å². The van der Waals surface area contributed by atoms with Gasteiger partial charge in [0, 0.05) is 13.1 Å². The molecule has 0 bridgehead atoms. The summed E-state index contributed by atoms with van der Waals surface area (Å²) in [6.07, 6.45) is 3.39. The van der Waals surface area contributed by atoms with Crippen molar-refractivity contribution in [2.75, 3.05) is 20.2 Å². The van der Waals surface area contributed by atoms with E-state index in [1.54, 1.807) is 31.4 Å². The van der Waals surface area contributed by atoms with Gasteiger partial charge in [-0.15, -0.1) is 0 Å². The molecule has 1 aliphatic rings. The van der Waals surface area contributed by atoms with E-state index < -0.39 is 11.8 Å². The van der Waals surface area contributed by atoms with E-state index in [4.69, 9.17) is 4.74 Å². The second kappa shape index (κ2) is 6.70. The van der Waals surface area contributed by atoms with E-state index in [-0.39, 0.29) is 0 Å². The van der Waals surface area contributed by atoms with Gasteiger partial charge in [-0.3, -0.25) is 9.59 Å². The number of benzene rings is 1. The first kappa shape index (κ1) is 14.0. The molecule has 6 nitrogen and oxygen atoms in total. The van der Waals surface area contributed by atoms with Crippen molar-refractivity contribution in [3.05, 3.63) is 29.8 Å². The van der Waals surface area contributed by atoms with Crippen molar-refractivity contribution in [3.63, 3.8) is 0 Å². The molecular weight excluding hydrogens is 258 g/mol. The second-order valence-corrected chi connectivity index (χ2v) is 4.47. The van der Waals surface area contributed by atoms with Crippen LogP contribution in [0.15, 0.2) is 29.4 Å². The maximum Gasteiger partial charge on any atom is 0.329 e. The Hall–Kier alpha value is -2.37. The van der Waals surface area contributed by atoms with Crippen molar-refractivity contribution in [3.8, 4) is 5.75 Å². The van der Waals surface area contributed by atoms with E-state index in [0.717, 1.165) is 24.2 Å². The van der Waals surface area contributed by atoms with Crippen molar-refractivity contribution in [1.82, 2.24) is 10.3 Å². The van der Waals surface area contributed by atoms with Crippen LogP contribution in [0.2, 0.25) is 0 Å². The van der Waals surface area contributed by atoms with Gasteiger partial charge in [-0.05, 0) is 42.7 Å². The first-order chi connectivity index (χ1) is 9.70. The highest BCUT2D eigenvalue weighted by molar-refractivity contribution is 6.35. The third kappa shape index (κ3) is 3.57. The van der Waals surface area contributed by atoms with Gasteiger partial charge in [0.05, 0.1) is 13.3 Å². The zero-order chi connectivity index (χ0) is 14.4. The molecule has 1 heterocycles. The molecule has 2 rings (SSSR count). The largest absolute Gasteiger partial charge is 0.497 e. The van der Waals surface area contributed by atoms with Crippen LogP contribution in [-0.4, -0.2) is 43.1 Å². The lowest BCUT2D eigenvalue weighted by Gasteiger charge is -2.12. The van der Waals surface area contributed by atoms with Crippen molar-refractivity contribution in [1.29, 1.82) is 0 Å². The molecule has 0 radical (unpaired) electrons. The van der Waals surface area contributed by atoms with Crippen molar-refractivity contribution < 1.29 is 14.3 Å². The number of likely N-dealkylation sites (tertiary alicyclic amines) is 1. The normalized spacial score (nSPS) is 14.6. The van der Waals surface area contributed by atoms with E-state index in [9.17, 15) is 9.59 Å². The summed E-state index contributed by atoms with van der Waals surface area (Å²) in [6.45, 7) is 1.29. The van der Waals surface area contributed by atoms with Gasteiger partial charge in [0.15, 0.2) is 0 Å².